The van der Waals surface area contributed by atoms with Gasteiger partial charge in [-0.3, -0.25) is 4.55 Å². The molecule has 40 heavy (non-hydrogen) atoms. The molecule has 0 spiro atoms. The van der Waals surface area contributed by atoms with E-state index in [-0.39, 0.29) is 18.2 Å². The van der Waals surface area contributed by atoms with Gasteiger partial charge < -0.3 is 19.7 Å². The topological polar surface area (TPSA) is 147 Å². The van der Waals surface area contributed by atoms with E-state index in [9.17, 15) is 70.7 Å². The average molecular weight is 634 g/mol. The van der Waals surface area contributed by atoms with Gasteiger partial charge in [-0.05, 0) is 18.2 Å². The Morgan fingerprint density at radius 3 is 1.12 bits per heavy atom. The van der Waals surface area contributed by atoms with Gasteiger partial charge in [-0.2, -0.15) is 61.1 Å². The molecule has 1 aromatic carbocycles. The van der Waals surface area contributed by atoms with Crippen molar-refractivity contribution in [2.24, 2.45) is 0 Å². The highest BCUT2D eigenvalue weighted by Crippen LogP contribution is 2.46. The molecule has 1 rings (SSSR count). The summed E-state index contributed by atoms with van der Waals surface area (Å²) in [5, 5.41) is 18.0. The molecular formula is C18H14F12O9S. The van der Waals surface area contributed by atoms with Crippen LogP contribution < -0.4 is 0 Å². The molecule has 0 radical (unpaired) electrons. The predicted octanol–water partition coefficient (Wildman–Crippen LogP) is 3.74. The molecule has 0 saturated heterocycles. The van der Waals surface area contributed by atoms with E-state index in [0.717, 1.165) is 0 Å². The smallest absolute Gasteiger partial charge is 0.426 e. The number of rotatable bonds is 9. The van der Waals surface area contributed by atoms with Gasteiger partial charge in [0, 0.05) is 12.8 Å². The minimum absolute atomic E-state index is 0.167. The lowest BCUT2D eigenvalue weighted by atomic mass is 9.99. The Bertz CT molecular complexity index is 1100. The van der Waals surface area contributed by atoms with Crippen LogP contribution in [-0.4, -0.2) is 84.2 Å². The number of carbonyl (C=O) groups excluding carboxylic acids is 2. The summed E-state index contributed by atoms with van der Waals surface area (Å²) in [5.74, 6) is -3.93. The van der Waals surface area contributed by atoms with Crippen molar-refractivity contribution in [2.75, 3.05) is 13.2 Å². The maximum absolute atomic E-state index is 12.7. The minimum atomic E-state index is -6.30. The third-order valence-electron chi connectivity index (χ3n) is 4.95. The Hall–Kier alpha value is -2.85. The quantitative estimate of drug-likeness (QED) is 0.210. The van der Waals surface area contributed by atoms with Crippen molar-refractivity contribution >= 4 is 22.1 Å². The average Bonchev–Trinajstić information content (AvgIpc) is 2.74. The normalized spacial score (nSPS) is 14.2. The van der Waals surface area contributed by atoms with E-state index in [2.05, 4.69) is 9.47 Å². The molecule has 0 heterocycles. The molecule has 230 valence electrons. The molecule has 0 bridgehead atoms. The third-order valence-corrected chi connectivity index (χ3v) is 5.78. The number of benzene rings is 1. The number of ether oxygens (including phenoxy) is 2. The van der Waals surface area contributed by atoms with Crippen molar-refractivity contribution in [1.29, 1.82) is 0 Å². The van der Waals surface area contributed by atoms with Crippen molar-refractivity contribution in [3.63, 3.8) is 0 Å². The van der Waals surface area contributed by atoms with Crippen LogP contribution in [0.5, 0.6) is 0 Å². The van der Waals surface area contributed by atoms with Gasteiger partial charge in [-0.15, -0.1) is 0 Å². The molecule has 0 amide bonds. The van der Waals surface area contributed by atoms with Crippen LogP contribution in [0.3, 0.4) is 0 Å². The summed E-state index contributed by atoms with van der Waals surface area (Å²) in [6.45, 7) is -3.64. The van der Waals surface area contributed by atoms with E-state index in [0.29, 0.717) is 0 Å². The SMILES string of the molecule is O=C(OCCC(O)(C(F)(F)F)C(F)(F)F)c1cc(C(=O)OCCC(O)(C(F)(F)F)C(F)(F)F)cc(S(=O)(=O)O)c1. The monoisotopic (exact) mass is 634 g/mol. The molecule has 0 aliphatic rings. The molecule has 22 heteroatoms. The third kappa shape index (κ3) is 7.66. The summed E-state index contributed by atoms with van der Waals surface area (Å²) < 4.78 is 192. The first-order chi connectivity index (χ1) is 17.6. The molecule has 0 saturated carbocycles. The number of alkyl halides is 12. The van der Waals surface area contributed by atoms with Crippen LogP contribution in [0, 0.1) is 0 Å². The van der Waals surface area contributed by atoms with Crippen molar-refractivity contribution in [3.05, 3.63) is 29.3 Å². The molecular weight excluding hydrogens is 620 g/mol. The van der Waals surface area contributed by atoms with E-state index < -0.39 is 100 Å². The van der Waals surface area contributed by atoms with Crippen LogP contribution in [0.25, 0.3) is 0 Å². The van der Waals surface area contributed by atoms with Gasteiger partial charge in [0.05, 0.1) is 29.2 Å². The van der Waals surface area contributed by atoms with E-state index >= 15 is 0 Å². The molecule has 1 aromatic rings. The maximum atomic E-state index is 12.7. The molecule has 0 aliphatic heterocycles. The standard InChI is InChI=1S/C18H14F12O9S/c19-15(20,21)13(33,16(22,23)24)1-3-38-11(31)8-5-9(7-10(6-8)40(35,36)37)12(32)39-4-2-14(34,17(25,26)27)18(28,29)30/h5-7,33-34H,1-4H2,(H,35,36,37). The van der Waals surface area contributed by atoms with E-state index in [4.69, 9.17) is 14.8 Å². The second-order valence-corrected chi connectivity index (χ2v) is 9.13. The van der Waals surface area contributed by atoms with Crippen molar-refractivity contribution in [2.45, 2.75) is 53.6 Å². The molecule has 0 atom stereocenters. The molecule has 0 aromatic heterocycles. The number of halogens is 12. The summed E-state index contributed by atoms with van der Waals surface area (Å²) in [6.07, 6.45) is -29.8. The lowest BCUT2D eigenvalue weighted by molar-refractivity contribution is -0.371. The van der Waals surface area contributed by atoms with Crippen molar-refractivity contribution in [3.8, 4) is 0 Å². The summed E-state index contributed by atoms with van der Waals surface area (Å²) in [7, 11) is -5.37. The minimum Gasteiger partial charge on any atom is -0.462 e. The fraction of sp³-hybridized carbons (Fsp3) is 0.556. The predicted molar refractivity (Wildman–Crippen MR) is 100 cm³/mol. The molecule has 9 nitrogen and oxygen atoms in total. The van der Waals surface area contributed by atoms with Gasteiger partial charge >= 0.3 is 36.6 Å². The van der Waals surface area contributed by atoms with Crippen molar-refractivity contribution in [1.82, 2.24) is 0 Å². The summed E-state index contributed by atoms with van der Waals surface area (Å²) in [5.41, 5.74) is -13.1. The Balaban J connectivity index is 3.20. The Labute approximate surface area is 214 Å². The zero-order chi connectivity index (χ0) is 31.8. The first kappa shape index (κ1) is 35.2. The number of hydrogen-bond acceptors (Lipinski definition) is 8. The van der Waals surface area contributed by atoms with Crippen LogP contribution >= 0.6 is 0 Å². The van der Waals surface area contributed by atoms with Gasteiger partial charge in [0.2, 0.25) is 0 Å². The fourth-order valence-electron chi connectivity index (χ4n) is 2.62. The zero-order valence-corrected chi connectivity index (χ0v) is 19.6. The second-order valence-electron chi connectivity index (χ2n) is 7.70. The first-order valence-electron chi connectivity index (χ1n) is 9.77. The van der Waals surface area contributed by atoms with E-state index in [1.54, 1.807) is 0 Å². The van der Waals surface area contributed by atoms with Gasteiger partial charge in [0.25, 0.3) is 21.3 Å². The summed E-state index contributed by atoms with van der Waals surface area (Å²) in [6, 6.07) is 0.569. The number of hydrogen-bond donors (Lipinski definition) is 3. The maximum Gasteiger partial charge on any atom is 0.426 e. The number of aliphatic hydroxyl groups is 2. The van der Waals surface area contributed by atoms with E-state index in [1.807, 2.05) is 0 Å². The summed E-state index contributed by atoms with van der Waals surface area (Å²) >= 11 is 0. The van der Waals surface area contributed by atoms with Crippen molar-refractivity contribution < 1.29 is 94.9 Å². The Morgan fingerprint density at radius 1 is 0.625 bits per heavy atom. The van der Waals surface area contributed by atoms with Crippen LogP contribution in [0.15, 0.2) is 23.1 Å². The second kappa shape index (κ2) is 11.2. The van der Waals surface area contributed by atoms with Crippen LogP contribution in [0.1, 0.15) is 33.6 Å². The number of carbonyl (C=O) groups is 2. The molecule has 0 aliphatic carbocycles. The van der Waals surface area contributed by atoms with Crippen LogP contribution in [0.4, 0.5) is 52.7 Å². The van der Waals surface area contributed by atoms with Crippen LogP contribution in [0.2, 0.25) is 0 Å². The number of esters is 2. The summed E-state index contributed by atoms with van der Waals surface area (Å²) in [4.78, 5) is 22.8. The highest BCUT2D eigenvalue weighted by atomic mass is 32.2. The van der Waals surface area contributed by atoms with E-state index in [1.165, 1.54) is 0 Å². The highest BCUT2D eigenvalue weighted by Gasteiger charge is 2.71. The lowest BCUT2D eigenvalue weighted by Crippen LogP contribution is -2.57. The van der Waals surface area contributed by atoms with Crippen LogP contribution in [-0.2, 0) is 19.6 Å². The zero-order valence-electron chi connectivity index (χ0n) is 18.8. The van der Waals surface area contributed by atoms with Gasteiger partial charge in [0.1, 0.15) is 0 Å². The molecule has 0 unspecified atom stereocenters. The highest BCUT2D eigenvalue weighted by molar-refractivity contribution is 7.85. The largest absolute Gasteiger partial charge is 0.462 e. The van der Waals surface area contributed by atoms with Gasteiger partial charge in [-0.25, -0.2) is 9.59 Å². The first-order valence-corrected chi connectivity index (χ1v) is 11.2. The Kier molecular flexibility index (Phi) is 9.85. The molecule has 0 fully saturated rings. The molecule has 3 N–H and O–H groups in total. The fourth-order valence-corrected chi connectivity index (χ4v) is 3.17. The Morgan fingerprint density at radius 2 is 0.900 bits per heavy atom. The van der Waals surface area contributed by atoms with Gasteiger partial charge in [0.15, 0.2) is 0 Å². The van der Waals surface area contributed by atoms with Gasteiger partial charge in [-0.1, -0.05) is 0 Å². The lowest BCUT2D eigenvalue weighted by Gasteiger charge is -2.32.